The van der Waals surface area contributed by atoms with Crippen molar-refractivity contribution in [2.45, 2.75) is 66.5 Å². The monoisotopic (exact) mass is 539 g/mol. The summed E-state index contributed by atoms with van der Waals surface area (Å²) in [4.78, 5) is 29.8. The first-order valence-corrected chi connectivity index (χ1v) is 14.2. The van der Waals surface area contributed by atoms with Crippen LogP contribution in [0.15, 0.2) is 63.8 Å². The summed E-state index contributed by atoms with van der Waals surface area (Å²) in [6.45, 7) is 11.4. The van der Waals surface area contributed by atoms with E-state index in [2.05, 4.69) is 6.92 Å². The molecule has 3 aromatic carbocycles. The van der Waals surface area contributed by atoms with Crippen molar-refractivity contribution in [1.82, 2.24) is 4.90 Å². The number of hydrogen-bond donors (Lipinski definition) is 0. The predicted molar refractivity (Wildman–Crippen MR) is 157 cm³/mol. The molecule has 0 saturated heterocycles. The van der Waals surface area contributed by atoms with E-state index >= 15 is 0 Å². The number of nitrogens with zero attached hydrogens (tertiary/aromatic N) is 1. The fourth-order valence-electron chi connectivity index (χ4n) is 5.49. The highest BCUT2D eigenvalue weighted by Gasteiger charge is 2.43. The molecule has 6 nitrogen and oxygen atoms in total. The first kappa shape index (κ1) is 27.5. The lowest BCUT2D eigenvalue weighted by atomic mass is 9.96. The van der Waals surface area contributed by atoms with Crippen LogP contribution < -0.4 is 14.9 Å². The summed E-state index contributed by atoms with van der Waals surface area (Å²) in [5.74, 6) is 1.08. The van der Waals surface area contributed by atoms with Crippen molar-refractivity contribution >= 4 is 16.9 Å². The van der Waals surface area contributed by atoms with Crippen molar-refractivity contribution in [1.29, 1.82) is 0 Å². The Kier molecular flexibility index (Phi) is 7.97. The number of rotatable bonds is 10. The molecule has 5 rings (SSSR count). The highest BCUT2D eigenvalue weighted by Crippen LogP contribution is 2.42. The number of fused-ring (bicyclic) bond motifs is 2. The summed E-state index contributed by atoms with van der Waals surface area (Å²) in [7, 11) is 0. The van der Waals surface area contributed by atoms with Crippen molar-refractivity contribution in [3.63, 3.8) is 0 Å². The Labute approximate surface area is 235 Å². The molecular weight excluding hydrogens is 502 g/mol. The third kappa shape index (κ3) is 5.23. The molecule has 0 spiro atoms. The largest absolute Gasteiger partial charge is 0.490 e. The molecule has 1 atom stereocenters. The summed E-state index contributed by atoms with van der Waals surface area (Å²) in [5.41, 5.74) is 5.35. The van der Waals surface area contributed by atoms with Crippen LogP contribution in [0.2, 0.25) is 0 Å². The number of carbonyl (C=O) groups is 1. The van der Waals surface area contributed by atoms with Crippen LogP contribution in [0.1, 0.15) is 83.1 Å². The third-order valence-corrected chi connectivity index (χ3v) is 7.46. The Morgan fingerprint density at radius 3 is 2.35 bits per heavy atom. The van der Waals surface area contributed by atoms with Gasteiger partial charge in [-0.05, 0) is 74.6 Å². The van der Waals surface area contributed by atoms with Crippen LogP contribution in [0.25, 0.3) is 11.0 Å². The second kappa shape index (κ2) is 11.6. The van der Waals surface area contributed by atoms with Crippen LogP contribution in [-0.4, -0.2) is 24.0 Å². The molecule has 208 valence electrons. The zero-order valence-corrected chi connectivity index (χ0v) is 24.0. The van der Waals surface area contributed by atoms with Gasteiger partial charge in [0.2, 0.25) is 5.76 Å². The van der Waals surface area contributed by atoms with E-state index in [1.54, 1.807) is 4.90 Å². The highest BCUT2D eigenvalue weighted by molar-refractivity contribution is 5.99. The van der Waals surface area contributed by atoms with Gasteiger partial charge >= 0.3 is 0 Å². The van der Waals surface area contributed by atoms with Crippen molar-refractivity contribution in [3.8, 4) is 11.5 Å². The molecule has 4 aromatic rings. The van der Waals surface area contributed by atoms with Gasteiger partial charge in [-0.1, -0.05) is 61.7 Å². The van der Waals surface area contributed by atoms with Crippen molar-refractivity contribution in [3.05, 3.63) is 104 Å². The Hall–Kier alpha value is -4.06. The zero-order valence-electron chi connectivity index (χ0n) is 24.0. The topological polar surface area (TPSA) is 69.0 Å². The number of amides is 1. The number of ether oxygens (including phenoxy) is 2. The average Bonchev–Trinajstić information content (AvgIpc) is 3.21. The number of benzene rings is 3. The summed E-state index contributed by atoms with van der Waals surface area (Å²) in [6, 6.07) is 17.0. The fraction of sp³-hybridized carbons (Fsp3) is 0.353. The van der Waals surface area contributed by atoms with Gasteiger partial charge in [0, 0.05) is 6.54 Å². The predicted octanol–water partition coefficient (Wildman–Crippen LogP) is 7.43. The molecule has 1 amide bonds. The van der Waals surface area contributed by atoms with E-state index in [1.807, 2.05) is 82.3 Å². The van der Waals surface area contributed by atoms with Crippen LogP contribution in [0.3, 0.4) is 0 Å². The summed E-state index contributed by atoms with van der Waals surface area (Å²) >= 11 is 0. The van der Waals surface area contributed by atoms with Crippen LogP contribution in [0.4, 0.5) is 0 Å². The molecular formula is C34H37NO5. The van der Waals surface area contributed by atoms with Gasteiger partial charge in [-0.3, -0.25) is 9.59 Å². The van der Waals surface area contributed by atoms with Gasteiger partial charge in [-0.15, -0.1) is 0 Å². The van der Waals surface area contributed by atoms with Gasteiger partial charge in [0.15, 0.2) is 16.9 Å². The summed E-state index contributed by atoms with van der Waals surface area (Å²) < 4.78 is 18.3. The molecule has 0 fully saturated rings. The van der Waals surface area contributed by atoms with Gasteiger partial charge in [-0.2, -0.15) is 0 Å². The second-order valence-electron chi connectivity index (χ2n) is 10.6. The summed E-state index contributed by atoms with van der Waals surface area (Å²) in [5, 5.41) is 0.493. The van der Waals surface area contributed by atoms with Crippen LogP contribution in [-0.2, 0) is 6.54 Å². The van der Waals surface area contributed by atoms with E-state index in [4.69, 9.17) is 13.9 Å². The quantitative estimate of drug-likeness (QED) is 0.196. The van der Waals surface area contributed by atoms with E-state index in [9.17, 15) is 9.59 Å². The molecule has 0 aliphatic carbocycles. The molecule has 1 aromatic heterocycles. The minimum atomic E-state index is -0.626. The smallest absolute Gasteiger partial charge is 0.291 e. The number of unbranched alkanes of at least 4 members (excludes halogenated alkanes) is 2. The van der Waals surface area contributed by atoms with Crippen LogP contribution in [0, 0.1) is 20.8 Å². The number of carbonyl (C=O) groups excluding carboxylic acids is 1. The molecule has 1 unspecified atom stereocenters. The molecule has 6 heteroatoms. The van der Waals surface area contributed by atoms with E-state index < -0.39 is 6.04 Å². The molecule has 0 bridgehead atoms. The minimum Gasteiger partial charge on any atom is -0.490 e. The van der Waals surface area contributed by atoms with Crippen molar-refractivity contribution in [2.75, 3.05) is 13.2 Å². The lowest BCUT2D eigenvalue weighted by Crippen LogP contribution is -2.29. The molecule has 40 heavy (non-hydrogen) atoms. The maximum Gasteiger partial charge on any atom is 0.291 e. The second-order valence-corrected chi connectivity index (χ2v) is 10.6. The van der Waals surface area contributed by atoms with Gasteiger partial charge in [0.25, 0.3) is 5.91 Å². The van der Waals surface area contributed by atoms with E-state index in [1.165, 1.54) is 0 Å². The SMILES string of the molecule is CCCCCOc1ccc(C2c3c(oc4c(C)cc(C)cc4c3=O)C(=O)N2Cc2ccc(C)cc2)cc1OCC. The zero-order chi connectivity index (χ0) is 28.4. The lowest BCUT2D eigenvalue weighted by Gasteiger charge is -2.26. The first-order chi connectivity index (χ1) is 19.3. The molecule has 1 aliphatic rings. The van der Waals surface area contributed by atoms with E-state index in [0.29, 0.717) is 47.8 Å². The molecule has 0 saturated carbocycles. The maximum atomic E-state index is 14.1. The lowest BCUT2D eigenvalue weighted by molar-refractivity contribution is 0.0714. The Morgan fingerprint density at radius 1 is 0.850 bits per heavy atom. The molecule has 1 aliphatic heterocycles. The van der Waals surface area contributed by atoms with Gasteiger partial charge in [0.1, 0.15) is 5.58 Å². The standard InChI is InChI=1S/C34H37NO5/c1-6-8-9-16-39-27-15-14-25(19-28(27)38-7-2)30-29-31(36)26-18-22(4)17-23(5)32(26)40-33(29)34(37)35(30)20-24-12-10-21(3)11-13-24/h10-15,17-19,30H,6-9,16,20H2,1-5H3. The fourth-order valence-corrected chi connectivity index (χ4v) is 5.49. The van der Waals surface area contributed by atoms with E-state index in [0.717, 1.165) is 47.1 Å². The molecule has 0 N–H and O–H groups in total. The Balaban J connectivity index is 1.65. The van der Waals surface area contributed by atoms with Crippen molar-refractivity contribution < 1.29 is 18.7 Å². The van der Waals surface area contributed by atoms with Crippen molar-refractivity contribution in [2.24, 2.45) is 0 Å². The van der Waals surface area contributed by atoms with Gasteiger partial charge in [-0.25, -0.2) is 0 Å². The molecule has 2 heterocycles. The highest BCUT2D eigenvalue weighted by atomic mass is 16.5. The third-order valence-electron chi connectivity index (χ3n) is 7.46. The minimum absolute atomic E-state index is 0.111. The van der Waals surface area contributed by atoms with Crippen LogP contribution in [0.5, 0.6) is 11.5 Å². The Bertz CT molecular complexity index is 1600. The first-order valence-electron chi connectivity index (χ1n) is 14.2. The van der Waals surface area contributed by atoms with E-state index in [-0.39, 0.29) is 17.1 Å². The summed E-state index contributed by atoms with van der Waals surface area (Å²) in [6.07, 6.45) is 3.17. The van der Waals surface area contributed by atoms with Gasteiger partial charge in [0.05, 0.1) is 30.2 Å². The van der Waals surface area contributed by atoms with Crippen LogP contribution >= 0.6 is 0 Å². The number of aryl methyl sites for hydroxylation is 3. The molecule has 0 radical (unpaired) electrons. The number of hydrogen-bond acceptors (Lipinski definition) is 5. The average molecular weight is 540 g/mol. The Morgan fingerprint density at radius 2 is 1.62 bits per heavy atom. The van der Waals surface area contributed by atoms with Gasteiger partial charge < -0.3 is 18.8 Å². The maximum absolute atomic E-state index is 14.1. The normalized spacial score (nSPS) is 14.6.